The maximum absolute atomic E-state index is 2.50. The molecule has 2 fully saturated rings. The molecule has 30 heavy (non-hydrogen) atoms. The normalized spacial score (nSPS) is 27.3. The highest BCUT2D eigenvalue weighted by Gasteiger charge is 2.24. The summed E-state index contributed by atoms with van der Waals surface area (Å²) < 4.78 is 0. The molecule has 2 aliphatic carbocycles. The van der Waals surface area contributed by atoms with Gasteiger partial charge in [0.25, 0.3) is 0 Å². The minimum atomic E-state index is 0.838. The lowest BCUT2D eigenvalue weighted by atomic mass is 9.75. The van der Waals surface area contributed by atoms with Crippen LogP contribution in [0.3, 0.4) is 0 Å². The Morgan fingerprint density at radius 1 is 0.500 bits per heavy atom. The fourth-order valence-corrected chi connectivity index (χ4v) is 6.32. The molecule has 170 valence electrons. The topological polar surface area (TPSA) is 0 Å². The second-order valence-electron chi connectivity index (χ2n) is 10.8. The Kier molecular flexibility index (Phi) is 10.8. The van der Waals surface area contributed by atoms with Gasteiger partial charge in [0, 0.05) is 0 Å². The Hall–Kier alpha value is -0.780. The van der Waals surface area contributed by atoms with Crippen molar-refractivity contribution in [1.29, 1.82) is 0 Å². The van der Waals surface area contributed by atoms with Crippen LogP contribution in [0.25, 0.3) is 0 Å². The Labute approximate surface area is 188 Å². The zero-order valence-electron chi connectivity index (χ0n) is 20.3. The molecule has 0 heterocycles. The van der Waals surface area contributed by atoms with E-state index in [1.54, 1.807) is 11.1 Å². The van der Waals surface area contributed by atoms with Crippen molar-refractivity contribution >= 4 is 0 Å². The SMILES string of the molecule is CCCCCCCCC1CCC(c2ccc(C3CCC(CCCC)CC3)cc2)CC1. The summed E-state index contributed by atoms with van der Waals surface area (Å²) in [6.07, 6.45) is 26.1. The van der Waals surface area contributed by atoms with Gasteiger partial charge < -0.3 is 0 Å². The summed E-state index contributed by atoms with van der Waals surface area (Å²) in [7, 11) is 0. The van der Waals surface area contributed by atoms with Crippen LogP contribution in [0.4, 0.5) is 0 Å². The van der Waals surface area contributed by atoms with E-state index in [-0.39, 0.29) is 0 Å². The van der Waals surface area contributed by atoms with Crippen molar-refractivity contribution < 1.29 is 0 Å². The monoisotopic (exact) mass is 410 g/mol. The van der Waals surface area contributed by atoms with E-state index in [0.717, 1.165) is 23.7 Å². The molecule has 0 saturated heterocycles. The summed E-state index contributed by atoms with van der Waals surface area (Å²) in [5.41, 5.74) is 3.26. The Morgan fingerprint density at radius 3 is 1.37 bits per heavy atom. The van der Waals surface area contributed by atoms with Crippen LogP contribution in [0.1, 0.15) is 152 Å². The number of hydrogen-bond acceptors (Lipinski definition) is 0. The van der Waals surface area contributed by atoms with Crippen molar-refractivity contribution in [3.63, 3.8) is 0 Å². The molecule has 0 spiro atoms. The van der Waals surface area contributed by atoms with Crippen molar-refractivity contribution in [3.05, 3.63) is 35.4 Å². The largest absolute Gasteiger partial charge is 0.0654 e. The molecule has 2 aliphatic rings. The predicted octanol–water partition coefficient (Wildman–Crippen LogP) is 10.2. The first-order valence-electron chi connectivity index (χ1n) is 13.9. The molecule has 0 unspecified atom stereocenters. The fourth-order valence-electron chi connectivity index (χ4n) is 6.32. The third-order valence-electron chi connectivity index (χ3n) is 8.50. The van der Waals surface area contributed by atoms with Gasteiger partial charge in [0.1, 0.15) is 0 Å². The molecule has 1 aromatic carbocycles. The fraction of sp³-hybridized carbons (Fsp3) is 0.800. The standard InChI is InChI=1S/C30H50/c1-3-5-7-8-9-10-12-26-15-19-28(20-16-26)30-23-21-29(22-24-30)27-17-13-25(14-18-27)11-6-4-2/h21-28H,3-20H2,1-2H3. The molecule has 1 aromatic rings. The lowest BCUT2D eigenvalue weighted by Crippen LogP contribution is -2.14. The van der Waals surface area contributed by atoms with E-state index in [1.807, 2.05) is 0 Å². The minimum Gasteiger partial charge on any atom is -0.0654 e. The molecule has 0 N–H and O–H groups in total. The molecular formula is C30H50. The summed E-state index contributed by atoms with van der Waals surface area (Å²) in [5, 5.41) is 0. The molecule has 0 radical (unpaired) electrons. The summed E-state index contributed by atoms with van der Waals surface area (Å²) in [6, 6.07) is 9.98. The van der Waals surface area contributed by atoms with Gasteiger partial charge in [-0.3, -0.25) is 0 Å². The first kappa shape index (κ1) is 23.9. The molecule has 0 atom stereocenters. The van der Waals surface area contributed by atoms with Crippen LogP contribution in [0.15, 0.2) is 24.3 Å². The van der Waals surface area contributed by atoms with Gasteiger partial charge in [-0.2, -0.15) is 0 Å². The molecule has 0 heteroatoms. The Bertz CT molecular complexity index is 540. The second-order valence-corrected chi connectivity index (χ2v) is 10.8. The number of rotatable bonds is 12. The van der Waals surface area contributed by atoms with E-state index >= 15 is 0 Å². The molecule has 0 nitrogen and oxygen atoms in total. The van der Waals surface area contributed by atoms with Crippen LogP contribution in [-0.4, -0.2) is 0 Å². The van der Waals surface area contributed by atoms with Crippen LogP contribution in [-0.2, 0) is 0 Å². The van der Waals surface area contributed by atoms with Gasteiger partial charge in [-0.05, 0) is 86.2 Å². The van der Waals surface area contributed by atoms with Gasteiger partial charge in [0.15, 0.2) is 0 Å². The molecule has 0 bridgehead atoms. The highest BCUT2D eigenvalue weighted by atomic mass is 14.3. The van der Waals surface area contributed by atoms with Crippen LogP contribution in [0.2, 0.25) is 0 Å². The van der Waals surface area contributed by atoms with Gasteiger partial charge in [-0.1, -0.05) is 102 Å². The minimum absolute atomic E-state index is 0.838. The van der Waals surface area contributed by atoms with E-state index in [4.69, 9.17) is 0 Å². The van der Waals surface area contributed by atoms with Gasteiger partial charge in [-0.15, -0.1) is 0 Å². The van der Waals surface area contributed by atoms with E-state index in [2.05, 4.69) is 38.1 Å². The highest BCUT2D eigenvalue weighted by Crippen LogP contribution is 2.40. The van der Waals surface area contributed by atoms with Crippen molar-refractivity contribution in [2.24, 2.45) is 11.8 Å². The van der Waals surface area contributed by atoms with Crippen LogP contribution in [0, 0.1) is 11.8 Å². The summed E-state index contributed by atoms with van der Waals surface area (Å²) >= 11 is 0. The van der Waals surface area contributed by atoms with E-state index < -0.39 is 0 Å². The first-order valence-corrected chi connectivity index (χ1v) is 13.9. The van der Waals surface area contributed by atoms with E-state index in [1.165, 1.54) is 116 Å². The predicted molar refractivity (Wildman–Crippen MR) is 133 cm³/mol. The molecule has 0 aliphatic heterocycles. The quantitative estimate of drug-likeness (QED) is 0.301. The molecular weight excluding hydrogens is 360 g/mol. The summed E-state index contributed by atoms with van der Waals surface area (Å²) in [5.74, 6) is 3.72. The zero-order valence-corrected chi connectivity index (χ0v) is 20.3. The lowest BCUT2D eigenvalue weighted by molar-refractivity contribution is 0.301. The average Bonchev–Trinajstić information content (AvgIpc) is 2.81. The maximum atomic E-state index is 2.50. The Morgan fingerprint density at radius 2 is 0.900 bits per heavy atom. The Balaban J connectivity index is 1.35. The molecule has 0 amide bonds. The van der Waals surface area contributed by atoms with Crippen LogP contribution >= 0.6 is 0 Å². The summed E-state index contributed by atoms with van der Waals surface area (Å²) in [4.78, 5) is 0. The average molecular weight is 411 g/mol. The van der Waals surface area contributed by atoms with E-state index in [0.29, 0.717) is 0 Å². The summed E-state index contributed by atoms with van der Waals surface area (Å²) in [6.45, 7) is 4.64. The third kappa shape index (κ3) is 7.72. The lowest BCUT2D eigenvalue weighted by Gasteiger charge is -2.30. The van der Waals surface area contributed by atoms with E-state index in [9.17, 15) is 0 Å². The second kappa shape index (κ2) is 13.6. The molecule has 2 saturated carbocycles. The highest BCUT2D eigenvalue weighted by molar-refractivity contribution is 5.28. The van der Waals surface area contributed by atoms with Crippen molar-refractivity contribution in [1.82, 2.24) is 0 Å². The third-order valence-corrected chi connectivity index (χ3v) is 8.50. The van der Waals surface area contributed by atoms with Crippen LogP contribution < -0.4 is 0 Å². The zero-order chi connectivity index (χ0) is 21.0. The first-order chi connectivity index (χ1) is 14.8. The number of benzene rings is 1. The van der Waals surface area contributed by atoms with Gasteiger partial charge in [0.2, 0.25) is 0 Å². The van der Waals surface area contributed by atoms with Gasteiger partial charge in [-0.25, -0.2) is 0 Å². The number of unbranched alkanes of at least 4 members (excludes halogenated alkanes) is 6. The van der Waals surface area contributed by atoms with Crippen molar-refractivity contribution in [3.8, 4) is 0 Å². The maximum Gasteiger partial charge on any atom is -0.0162 e. The molecule has 0 aromatic heterocycles. The molecule has 3 rings (SSSR count). The van der Waals surface area contributed by atoms with Gasteiger partial charge >= 0.3 is 0 Å². The smallest absolute Gasteiger partial charge is 0.0162 e. The van der Waals surface area contributed by atoms with Crippen molar-refractivity contribution in [2.45, 2.75) is 141 Å². The van der Waals surface area contributed by atoms with Crippen molar-refractivity contribution in [2.75, 3.05) is 0 Å². The van der Waals surface area contributed by atoms with Gasteiger partial charge in [0.05, 0.1) is 0 Å². The number of hydrogen-bond donors (Lipinski definition) is 0. The van der Waals surface area contributed by atoms with Crippen LogP contribution in [0.5, 0.6) is 0 Å².